The first-order valence-electron chi connectivity index (χ1n) is 7.72. The van der Waals surface area contributed by atoms with E-state index in [0.29, 0.717) is 29.1 Å². The Hall–Kier alpha value is -2.82. The normalized spacial score (nSPS) is 10.8. The Labute approximate surface area is 139 Å². The number of nitrogens with zero attached hydrogens (tertiary/aromatic N) is 3. The van der Waals surface area contributed by atoms with Crippen molar-refractivity contribution >= 4 is 0 Å². The van der Waals surface area contributed by atoms with Crippen LogP contribution in [0.2, 0.25) is 0 Å². The first-order chi connectivity index (χ1) is 11.4. The lowest BCUT2D eigenvalue weighted by Gasteiger charge is -2.10. The molecule has 0 aliphatic rings. The van der Waals surface area contributed by atoms with Crippen molar-refractivity contribution in [2.24, 2.45) is 0 Å². The fraction of sp³-hybridized carbons (Fsp3) is 0.211. The molecule has 0 aliphatic carbocycles. The Kier molecular flexibility index (Phi) is 4.25. The van der Waals surface area contributed by atoms with Crippen LogP contribution in [0, 0.1) is 26.7 Å². The molecule has 5 heteroatoms. The van der Waals surface area contributed by atoms with Gasteiger partial charge in [0.15, 0.2) is 0 Å². The second-order valence-electron chi connectivity index (χ2n) is 5.95. The van der Waals surface area contributed by atoms with E-state index >= 15 is 0 Å². The number of rotatable bonds is 3. The summed E-state index contributed by atoms with van der Waals surface area (Å²) in [4.78, 5) is 16.2. The third kappa shape index (κ3) is 3.25. The predicted molar refractivity (Wildman–Crippen MR) is 91.4 cm³/mol. The van der Waals surface area contributed by atoms with Crippen LogP contribution in [0.15, 0.2) is 47.3 Å². The molecule has 4 nitrogen and oxygen atoms in total. The van der Waals surface area contributed by atoms with Crippen LogP contribution < -0.4 is 5.56 Å². The number of pyridine rings is 1. The maximum absolute atomic E-state index is 14.1. The number of aryl methyl sites for hydroxylation is 3. The van der Waals surface area contributed by atoms with E-state index < -0.39 is 5.95 Å². The number of aromatic nitrogens is 3. The molecule has 0 bridgehead atoms. The summed E-state index contributed by atoms with van der Waals surface area (Å²) < 4.78 is 15.5. The molecule has 0 saturated carbocycles. The van der Waals surface area contributed by atoms with Crippen molar-refractivity contribution in [3.63, 3.8) is 0 Å². The van der Waals surface area contributed by atoms with Gasteiger partial charge in [0, 0.05) is 11.3 Å². The number of halogens is 1. The lowest BCUT2D eigenvalue weighted by molar-refractivity contribution is 0.579. The number of benzene rings is 1. The lowest BCUT2D eigenvalue weighted by atomic mass is 10.1. The molecule has 122 valence electrons. The number of hydrogen-bond donors (Lipinski definition) is 0. The molecular formula is C19H18FN3O. The van der Waals surface area contributed by atoms with Crippen molar-refractivity contribution in [2.75, 3.05) is 0 Å². The molecular weight excluding hydrogens is 305 g/mol. The third-order valence-corrected chi connectivity index (χ3v) is 3.87. The van der Waals surface area contributed by atoms with E-state index in [2.05, 4.69) is 10.1 Å². The second-order valence-corrected chi connectivity index (χ2v) is 5.95. The summed E-state index contributed by atoms with van der Waals surface area (Å²) in [6, 6.07) is 12.9. The van der Waals surface area contributed by atoms with Gasteiger partial charge in [-0.05, 0) is 44.5 Å². The van der Waals surface area contributed by atoms with Gasteiger partial charge < -0.3 is 0 Å². The molecule has 3 rings (SSSR count). The van der Waals surface area contributed by atoms with Crippen molar-refractivity contribution < 1.29 is 4.39 Å². The molecule has 0 aliphatic heterocycles. The Morgan fingerprint density at radius 1 is 1.04 bits per heavy atom. The van der Waals surface area contributed by atoms with E-state index in [1.807, 2.05) is 31.2 Å². The Bertz CT molecular complexity index is 946. The van der Waals surface area contributed by atoms with E-state index in [-0.39, 0.29) is 5.56 Å². The van der Waals surface area contributed by atoms with Crippen LogP contribution in [0.1, 0.15) is 22.4 Å². The van der Waals surface area contributed by atoms with Crippen LogP contribution in [0.4, 0.5) is 4.39 Å². The van der Waals surface area contributed by atoms with E-state index in [4.69, 9.17) is 0 Å². The first-order valence-corrected chi connectivity index (χ1v) is 7.72. The summed E-state index contributed by atoms with van der Waals surface area (Å²) in [7, 11) is 0. The Morgan fingerprint density at radius 3 is 2.42 bits per heavy atom. The van der Waals surface area contributed by atoms with Gasteiger partial charge >= 0.3 is 0 Å². The van der Waals surface area contributed by atoms with E-state index in [9.17, 15) is 9.18 Å². The van der Waals surface area contributed by atoms with Gasteiger partial charge in [-0.3, -0.25) is 4.79 Å². The molecule has 0 atom stereocenters. The van der Waals surface area contributed by atoms with E-state index in [1.54, 1.807) is 32.0 Å². The fourth-order valence-corrected chi connectivity index (χ4v) is 2.50. The molecule has 2 heterocycles. The molecule has 0 unspecified atom stereocenters. The van der Waals surface area contributed by atoms with Gasteiger partial charge in [0.25, 0.3) is 5.56 Å². The third-order valence-electron chi connectivity index (χ3n) is 3.87. The maximum atomic E-state index is 14.1. The fourth-order valence-electron chi connectivity index (χ4n) is 2.50. The van der Waals surface area contributed by atoms with Gasteiger partial charge in [0.2, 0.25) is 5.95 Å². The summed E-state index contributed by atoms with van der Waals surface area (Å²) >= 11 is 0. The van der Waals surface area contributed by atoms with Gasteiger partial charge in [-0.15, -0.1) is 0 Å². The Morgan fingerprint density at radius 2 is 1.75 bits per heavy atom. The highest BCUT2D eigenvalue weighted by molar-refractivity contribution is 5.58. The highest BCUT2D eigenvalue weighted by atomic mass is 19.1. The molecule has 0 amide bonds. The molecule has 3 aromatic rings. The number of hydrogen-bond acceptors (Lipinski definition) is 3. The quantitative estimate of drug-likeness (QED) is 0.694. The summed E-state index contributed by atoms with van der Waals surface area (Å²) in [5.74, 6) is -0.581. The molecule has 0 radical (unpaired) electrons. The van der Waals surface area contributed by atoms with Gasteiger partial charge in [-0.1, -0.05) is 29.8 Å². The summed E-state index contributed by atoms with van der Waals surface area (Å²) in [5.41, 5.74) is 3.75. The van der Waals surface area contributed by atoms with Crippen molar-refractivity contribution in [1.82, 2.24) is 14.8 Å². The first kappa shape index (κ1) is 16.1. The molecule has 1 aromatic carbocycles. The zero-order valence-corrected chi connectivity index (χ0v) is 13.9. The molecule has 0 saturated heterocycles. The largest absolute Gasteiger partial charge is 0.270 e. The lowest BCUT2D eigenvalue weighted by Crippen LogP contribution is -2.26. The average molecular weight is 323 g/mol. The van der Waals surface area contributed by atoms with Gasteiger partial charge in [0.05, 0.1) is 17.8 Å². The van der Waals surface area contributed by atoms with Crippen molar-refractivity contribution in [3.05, 3.63) is 81.2 Å². The van der Waals surface area contributed by atoms with Crippen LogP contribution in [0.25, 0.3) is 11.3 Å². The molecule has 2 aromatic heterocycles. The monoisotopic (exact) mass is 323 g/mol. The second kappa shape index (κ2) is 6.35. The van der Waals surface area contributed by atoms with Crippen LogP contribution in [-0.2, 0) is 6.54 Å². The van der Waals surface area contributed by atoms with E-state index in [0.717, 1.165) is 11.1 Å². The van der Waals surface area contributed by atoms with Crippen LogP contribution in [0.3, 0.4) is 0 Å². The zero-order chi connectivity index (χ0) is 17.3. The predicted octanol–water partition coefficient (Wildman–Crippen LogP) is 3.42. The van der Waals surface area contributed by atoms with Gasteiger partial charge in [-0.2, -0.15) is 9.49 Å². The van der Waals surface area contributed by atoms with Crippen molar-refractivity contribution in [2.45, 2.75) is 27.3 Å². The summed E-state index contributed by atoms with van der Waals surface area (Å²) in [6.07, 6.45) is 0. The minimum atomic E-state index is -0.581. The minimum Gasteiger partial charge on any atom is -0.268 e. The van der Waals surface area contributed by atoms with Crippen LogP contribution in [-0.4, -0.2) is 14.8 Å². The maximum Gasteiger partial charge on any atom is 0.270 e. The highest BCUT2D eigenvalue weighted by Crippen LogP contribution is 2.19. The molecule has 0 fully saturated rings. The Balaban J connectivity index is 2.05. The smallest absolute Gasteiger partial charge is 0.268 e. The summed E-state index contributed by atoms with van der Waals surface area (Å²) in [6.45, 7) is 5.78. The highest BCUT2D eigenvalue weighted by Gasteiger charge is 2.12. The van der Waals surface area contributed by atoms with Crippen molar-refractivity contribution in [1.29, 1.82) is 0 Å². The van der Waals surface area contributed by atoms with Gasteiger partial charge in [-0.25, -0.2) is 9.67 Å². The summed E-state index contributed by atoms with van der Waals surface area (Å²) in [5, 5.41) is 4.34. The van der Waals surface area contributed by atoms with Crippen LogP contribution in [0.5, 0.6) is 0 Å². The molecule has 0 spiro atoms. The van der Waals surface area contributed by atoms with Crippen LogP contribution >= 0.6 is 0 Å². The topological polar surface area (TPSA) is 47.8 Å². The zero-order valence-electron chi connectivity index (χ0n) is 13.9. The SMILES string of the molecule is Cc1ccc(Cn2nc(-c3ccc(C)nc3F)cc(C)c2=O)cc1. The van der Waals surface area contributed by atoms with E-state index in [1.165, 1.54) is 4.68 Å². The minimum absolute atomic E-state index is 0.181. The standard InChI is InChI=1S/C19H18FN3O/c1-12-4-7-15(8-5-12)11-23-19(24)13(2)10-17(22-23)16-9-6-14(3)21-18(16)20/h4-10H,11H2,1-3H3. The average Bonchev–Trinajstić information content (AvgIpc) is 2.54. The van der Waals surface area contributed by atoms with Crippen molar-refractivity contribution in [3.8, 4) is 11.3 Å². The molecule has 24 heavy (non-hydrogen) atoms. The molecule has 0 N–H and O–H groups in total. The van der Waals surface area contributed by atoms with Gasteiger partial charge in [0.1, 0.15) is 0 Å².